The van der Waals surface area contributed by atoms with Crippen LogP contribution >= 0.6 is 0 Å². The van der Waals surface area contributed by atoms with Crippen LogP contribution in [0.2, 0.25) is 0 Å². The van der Waals surface area contributed by atoms with Gasteiger partial charge in [-0.1, -0.05) is 62.4 Å². The lowest BCUT2D eigenvalue weighted by Crippen LogP contribution is -2.52. The van der Waals surface area contributed by atoms with Crippen molar-refractivity contribution < 1.29 is 13.5 Å². The fraction of sp³-hybridized carbons (Fsp3) is 0.400. The van der Waals surface area contributed by atoms with E-state index in [-0.39, 0.29) is 5.92 Å². The second kappa shape index (κ2) is 5.43. The smallest absolute Gasteiger partial charge is 0.184 e. The van der Waals surface area contributed by atoms with Gasteiger partial charge in [0.1, 0.15) is 0 Å². The molecule has 128 valence electrons. The molecule has 1 unspecified atom stereocenters. The van der Waals surface area contributed by atoms with Gasteiger partial charge in [-0.3, -0.25) is 0 Å². The summed E-state index contributed by atoms with van der Waals surface area (Å²) in [6, 6.07) is 16.7. The summed E-state index contributed by atoms with van der Waals surface area (Å²) in [6.45, 7) is 7.12. The standard InChI is InChI=1S/C20H24O3S/c1-19(2)18(21)17(14-10-6-5-7-11-14)15-12-8-9-13-16(15)24(22,23)20(19,3)4/h5-13,17-18,21H,1-4H3/t17-,18?/m0/s1. The summed E-state index contributed by atoms with van der Waals surface area (Å²) in [7, 11) is -3.60. The van der Waals surface area contributed by atoms with E-state index >= 15 is 0 Å². The molecule has 0 aromatic heterocycles. The molecule has 3 nitrogen and oxygen atoms in total. The van der Waals surface area contributed by atoms with E-state index in [0.717, 1.165) is 5.56 Å². The third-order valence-electron chi connectivity index (χ3n) is 5.98. The molecule has 0 saturated heterocycles. The molecule has 4 heteroatoms. The number of aliphatic hydroxyl groups is 1. The lowest BCUT2D eigenvalue weighted by Gasteiger charge is -2.44. The minimum Gasteiger partial charge on any atom is -0.392 e. The Balaban J connectivity index is 2.40. The van der Waals surface area contributed by atoms with Crippen LogP contribution in [-0.4, -0.2) is 24.4 Å². The predicted molar refractivity (Wildman–Crippen MR) is 95.8 cm³/mol. The van der Waals surface area contributed by atoms with Gasteiger partial charge in [0.15, 0.2) is 9.84 Å². The summed E-state index contributed by atoms with van der Waals surface area (Å²) < 4.78 is 25.6. The van der Waals surface area contributed by atoms with E-state index in [0.29, 0.717) is 10.5 Å². The Morgan fingerprint density at radius 1 is 0.875 bits per heavy atom. The van der Waals surface area contributed by atoms with Gasteiger partial charge in [-0.05, 0) is 31.0 Å². The monoisotopic (exact) mass is 344 g/mol. The van der Waals surface area contributed by atoms with Crippen LogP contribution in [0.25, 0.3) is 0 Å². The average Bonchev–Trinajstić information content (AvgIpc) is 2.58. The number of rotatable bonds is 1. The second-order valence-corrected chi connectivity index (χ2v) is 10.1. The molecule has 0 radical (unpaired) electrons. The van der Waals surface area contributed by atoms with Gasteiger partial charge >= 0.3 is 0 Å². The summed E-state index contributed by atoms with van der Waals surface area (Å²) in [5.41, 5.74) is 0.777. The van der Waals surface area contributed by atoms with E-state index in [9.17, 15) is 13.5 Å². The van der Waals surface area contributed by atoms with E-state index in [1.54, 1.807) is 26.0 Å². The second-order valence-electron chi connectivity index (χ2n) is 7.61. The molecule has 1 aliphatic heterocycles. The summed E-state index contributed by atoms with van der Waals surface area (Å²) >= 11 is 0. The lowest BCUT2D eigenvalue weighted by atomic mass is 9.68. The lowest BCUT2D eigenvalue weighted by molar-refractivity contribution is 0.0166. The highest BCUT2D eigenvalue weighted by Crippen LogP contribution is 2.52. The van der Waals surface area contributed by atoms with E-state index in [1.165, 1.54) is 0 Å². The van der Waals surface area contributed by atoms with Crippen LogP contribution in [0.3, 0.4) is 0 Å². The maximum absolute atomic E-state index is 13.4. The van der Waals surface area contributed by atoms with Gasteiger partial charge in [-0.2, -0.15) is 0 Å². The van der Waals surface area contributed by atoms with Crippen LogP contribution in [0.4, 0.5) is 0 Å². The average molecular weight is 344 g/mol. The Hall–Kier alpha value is -1.65. The van der Waals surface area contributed by atoms with Crippen LogP contribution < -0.4 is 0 Å². The highest BCUT2D eigenvalue weighted by atomic mass is 32.2. The van der Waals surface area contributed by atoms with Crippen molar-refractivity contribution in [1.82, 2.24) is 0 Å². The molecule has 0 spiro atoms. The molecule has 1 heterocycles. The molecule has 1 N–H and O–H groups in total. The first-order chi connectivity index (χ1) is 11.1. The van der Waals surface area contributed by atoms with Crippen molar-refractivity contribution in [3.63, 3.8) is 0 Å². The SMILES string of the molecule is CC1(C)C(O)[C@@H](c2ccccc2)c2ccccc2S(=O)(=O)C1(C)C. The van der Waals surface area contributed by atoms with Crippen LogP contribution in [0.15, 0.2) is 59.5 Å². The molecule has 0 saturated carbocycles. The Bertz CT molecular complexity index is 851. The van der Waals surface area contributed by atoms with Gasteiger partial charge < -0.3 is 5.11 Å². The molecular formula is C20H24O3S. The third-order valence-corrected chi connectivity index (χ3v) is 8.80. The van der Waals surface area contributed by atoms with Crippen LogP contribution in [0, 0.1) is 5.41 Å². The first kappa shape index (κ1) is 17.2. The largest absolute Gasteiger partial charge is 0.392 e. The van der Waals surface area contributed by atoms with Crippen molar-refractivity contribution in [3.05, 3.63) is 65.7 Å². The van der Waals surface area contributed by atoms with Crippen molar-refractivity contribution in [2.24, 2.45) is 5.41 Å². The summed E-state index contributed by atoms with van der Waals surface area (Å²) in [6.07, 6.45) is -0.826. The highest BCUT2D eigenvalue weighted by Gasteiger charge is 2.57. The topological polar surface area (TPSA) is 54.4 Å². The van der Waals surface area contributed by atoms with Gasteiger partial charge in [0.25, 0.3) is 0 Å². The molecule has 0 amide bonds. The van der Waals surface area contributed by atoms with Crippen molar-refractivity contribution >= 4 is 9.84 Å². The maximum atomic E-state index is 13.4. The molecule has 3 rings (SSSR count). The number of benzene rings is 2. The first-order valence-electron chi connectivity index (χ1n) is 8.19. The van der Waals surface area contributed by atoms with Gasteiger partial charge in [0.05, 0.1) is 15.7 Å². The minimum atomic E-state index is -3.60. The number of sulfone groups is 1. The van der Waals surface area contributed by atoms with E-state index in [2.05, 4.69) is 0 Å². The zero-order chi connectivity index (χ0) is 17.8. The molecule has 2 aromatic rings. The predicted octanol–water partition coefficient (Wildman–Crippen LogP) is 3.77. The Morgan fingerprint density at radius 2 is 1.42 bits per heavy atom. The Morgan fingerprint density at radius 3 is 2.04 bits per heavy atom. The van der Waals surface area contributed by atoms with Crippen molar-refractivity contribution in [1.29, 1.82) is 0 Å². The van der Waals surface area contributed by atoms with Crippen molar-refractivity contribution in [3.8, 4) is 0 Å². The number of hydrogen-bond donors (Lipinski definition) is 1. The zero-order valence-electron chi connectivity index (χ0n) is 14.5. The number of aliphatic hydroxyl groups excluding tert-OH is 1. The minimum absolute atomic E-state index is 0.327. The molecule has 0 aliphatic carbocycles. The molecule has 2 atom stereocenters. The molecule has 1 aliphatic rings. The van der Waals surface area contributed by atoms with Crippen LogP contribution in [0.5, 0.6) is 0 Å². The van der Waals surface area contributed by atoms with Crippen LogP contribution in [0.1, 0.15) is 44.7 Å². The van der Waals surface area contributed by atoms with E-state index in [4.69, 9.17) is 0 Å². The fourth-order valence-corrected chi connectivity index (χ4v) is 5.69. The molecule has 0 fully saturated rings. The molecule has 2 aromatic carbocycles. The van der Waals surface area contributed by atoms with E-state index in [1.807, 2.05) is 56.3 Å². The van der Waals surface area contributed by atoms with E-state index < -0.39 is 26.1 Å². The Kier molecular flexibility index (Phi) is 3.89. The van der Waals surface area contributed by atoms with Gasteiger partial charge in [0.2, 0.25) is 0 Å². The Labute approximate surface area is 144 Å². The summed E-state index contributed by atoms with van der Waals surface area (Å²) in [5.74, 6) is -0.381. The molecule has 24 heavy (non-hydrogen) atoms. The normalized spacial score (nSPS) is 27.0. The summed E-state index contributed by atoms with van der Waals surface area (Å²) in [5, 5.41) is 11.3. The van der Waals surface area contributed by atoms with Crippen molar-refractivity contribution in [2.45, 2.75) is 49.4 Å². The first-order valence-corrected chi connectivity index (χ1v) is 9.67. The number of fused-ring (bicyclic) bond motifs is 1. The third kappa shape index (κ3) is 2.16. The highest BCUT2D eigenvalue weighted by molar-refractivity contribution is 7.93. The van der Waals surface area contributed by atoms with Crippen molar-refractivity contribution in [2.75, 3.05) is 0 Å². The maximum Gasteiger partial charge on any atom is 0.184 e. The zero-order valence-corrected chi connectivity index (χ0v) is 15.3. The van der Waals surface area contributed by atoms with Gasteiger partial charge in [-0.25, -0.2) is 8.42 Å². The molecule has 0 bridgehead atoms. The fourth-order valence-electron chi connectivity index (χ4n) is 3.57. The van der Waals surface area contributed by atoms with Crippen LogP contribution in [-0.2, 0) is 9.84 Å². The molecular weight excluding hydrogens is 320 g/mol. The van der Waals surface area contributed by atoms with Gasteiger partial charge in [-0.15, -0.1) is 0 Å². The quantitative estimate of drug-likeness (QED) is 0.857. The number of hydrogen-bond acceptors (Lipinski definition) is 3. The van der Waals surface area contributed by atoms with Gasteiger partial charge in [0, 0.05) is 11.3 Å². The summed E-state index contributed by atoms with van der Waals surface area (Å²) in [4.78, 5) is 0.327.